The van der Waals surface area contributed by atoms with Gasteiger partial charge in [-0.2, -0.15) is 4.31 Å². The van der Waals surface area contributed by atoms with Crippen molar-refractivity contribution in [3.8, 4) is 0 Å². The summed E-state index contributed by atoms with van der Waals surface area (Å²) in [5.74, 6) is 0.805. The van der Waals surface area contributed by atoms with Gasteiger partial charge < -0.3 is 9.32 Å². The highest BCUT2D eigenvalue weighted by molar-refractivity contribution is 7.89. The molecule has 7 heteroatoms. The Balaban J connectivity index is 1.46. The van der Waals surface area contributed by atoms with E-state index in [1.807, 2.05) is 12.1 Å². The number of rotatable bonds is 3. The third kappa shape index (κ3) is 3.53. The number of sulfonamides is 1. The van der Waals surface area contributed by atoms with E-state index >= 15 is 0 Å². The first kappa shape index (κ1) is 18.3. The predicted octanol–water partition coefficient (Wildman–Crippen LogP) is 2.61. The highest BCUT2D eigenvalue weighted by Gasteiger charge is 2.31. The number of furan rings is 1. The predicted molar refractivity (Wildman–Crippen MR) is 101 cm³/mol. The van der Waals surface area contributed by atoms with Crippen LogP contribution in [0.1, 0.15) is 40.3 Å². The molecule has 27 heavy (non-hydrogen) atoms. The quantitative estimate of drug-likeness (QED) is 0.810. The topological polar surface area (TPSA) is 70.8 Å². The molecular weight excluding hydrogens is 364 g/mol. The number of carbonyl (C=O) groups excluding carboxylic acids is 1. The highest BCUT2D eigenvalue weighted by atomic mass is 32.2. The van der Waals surface area contributed by atoms with E-state index in [1.165, 1.54) is 16.3 Å². The molecule has 2 heterocycles. The number of nitrogens with zero attached hydrogens (tertiary/aromatic N) is 2. The maximum absolute atomic E-state index is 13.0. The molecule has 0 bridgehead atoms. The van der Waals surface area contributed by atoms with E-state index in [4.69, 9.17) is 4.42 Å². The minimum Gasteiger partial charge on any atom is -0.456 e. The van der Waals surface area contributed by atoms with Crippen LogP contribution in [0.3, 0.4) is 0 Å². The molecule has 0 saturated carbocycles. The molecule has 4 rings (SSSR count). The van der Waals surface area contributed by atoms with E-state index in [2.05, 4.69) is 0 Å². The van der Waals surface area contributed by atoms with Gasteiger partial charge in [0.2, 0.25) is 10.0 Å². The molecule has 2 aliphatic rings. The maximum Gasteiger partial charge on any atom is 0.289 e. The van der Waals surface area contributed by atoms with Crippen molar-refractivity contribution in [3.63, 3.8) is 0 Å². The molecule has 144 valence electrons. The molecule has 1 amide bonds. The first-order valence-electron chi connectivity index (χ1n) is 9.43. The molecular formula is C20H24N2O4S. The van der Waals surface area contributed by atoms with Gasteiger partial charge in [0.25, 0.3) is 5.91 Å². The molecule has 1 aliphatic carbocycles. The standard InChI is InChI=1S/C20H24N2O4S/c1-15-6-9-19(26-15)20(23)21-10-12-22(13-11-21)27(24,25)18-8-7-16-4-2-3-5-17(16)14-18/h6-9,14H,2-5,10-13H2,1H3. The van der Waals surface area contributed by atoms with Crippen LogP contribution >= 0.6 is 0 Å². The molecule has 0 spiro atoms. The van der Waals surface area contributed by atoms with Gasteiger partial charge in [-0.25, -0.2) is 8.42 Å². The SMILES string of the molecule is Cc1ccc(C(=O)N2CCN(S(=O)(=O)c3ccc4c(c3)CCCC4)CC2)o1. The third-order valence-electron chi connectivity index (χ3n) is 5.43. The molecule has 0 N–H and O–H groups in total. The number of benzene rings is 1. The van der Waals surface area contributed by atoms with Crippen molar-refractivity contribution in [3.05, 3.63) is 53.0 Å². The van der Waals surface area contributed by atoms with E-state index in [9.17, 15) is 13.2 Å². The van der Waals surface area contributed by atoms with E-state index in [-0.39, 0.29) is 5.91 Å². The zero-order valence-corrected chi connectivity index (χ0v) is 16.3. The van der Waals surface area contributed by atoms with Crippen molar-refractivity contribution in [2.75, 3.05) is 26.2 Å². The Morgan fingerprint density at radius 3 is 2.33 bits per heavy atom. The molecule has 1 aromatic heterocycles. The van der Waals surface area contributed by atoms with E-state index in [0.717, 1.165) is 24.8 Å². The number of aryl methyl sites for hydroxylation is 3. The fourth-order valence-corrected chi connectivity index (χ4v) is 5.33. The molecule has 6 nitrogen and oxygen atoms in total. The number of piperazine rings is 1. The summed E-state index contributed by atoms with van der Waals surface area (Å²) >= 11 is 0. The maximum atomic E-state index is 13.0. The minimum atomic E-state index is -3.53. The second-order valence-electron chi connectivity index (χ2n) is 7.24. The summed E-state index contributed by atoms with van der Waals surface area (Å²) in [7, 11) is -3.53. The van der Waals surface area contributed by atoms with Gasteiger partial charge in [0.1, 0.15) is 5.76 Å². The third-order valence-corrected chi connectivity index (χ3v) is 7.33. The van der Waals surface area contributed by atoms with Gasteiger partial charge in [-0.1, -0.05) is 6.07 Å². The summed E-state index contributed by atoms with van der Waals surface area (Å²) < 4.78 is 32.9. The van der Waals surface area contributed by atoms with Crippen molar-refractivity contribution >= 4 is 15.9 Å². The van der Waals surface area contributed by atoms with Crippen molar-refractivity contribution in [2.45, 2.75) is 37.5 Å². The largest absolute Gasteiger partial charge is 0.456 e. The average Bonchev–Trinajstić information content (AvgIpc) is 3.13. The average molecular weight is 388 g/mol. The van der Waals surface area contributed by atoms with Crippen molar-refractivity contribution in [2.24, 2.45) is 0 Å². The summed E-state index contributed by atoms with van der Waals surface area (Å²) in [5.41, 5.74) is 2.42. The van der Waals surface area contributed by atoms with Gasteiger partial charge in [0, 0.05) is 26.2 Å². The second kappa shape index (κ2) is 7.13. The van der Waals surface area contributed by atoms with Crippen molar-refractivity contribution in [1.82, 2.24) is 9.21 Å². The lowest BCUT2D eigenvalue weighted by atomic mass is 9.92. The first-order chi connectivity index (χ1) is 12.9. The molecule has 2 aromatic rings. The van der Waals surface area contributed by atoms with Gasteiger partial charge >= 0.3 is 0 Å². The number of hydrogen-bond donors (Lipinski definition) is 0. The van der Waals surface area contributed by atoms with Crippen molar-refractivity contribution < 1.29 is 17.6 Å². The lowest BCUT2D eigenvalue weighted by Crippen LogP contribution is -2.50. The van der Waals surface area contributed by atoms with Crippen molar-refractivity contribution in [1.29, 1.82) is 0 Å². The van der Waals surface area contributed by atoms with Gasteiger partial charge in [0.15, 0.2) is 5.76 Å². The Morgan fingerprint density at radius 1 is 0.963 bits per heavy atom. The van der Waals surface area contributed by atoms with E-state index in [0.29, 0.717) is 42.6 Å². The van der Waals surface area contributed by atoms with Gasteiger partial charge in [-0.3, -0.25) is 4.79 Å². The highest BCUT2D eigenvalue weighted by Crippen LogP contribution is 2.26. The molecule has 1 aromatic carbocycles. The molecule has 0 unspecified atom stereocenters. The van der Waals surface area contributed by atoms with Crippen LogP contribution in [-0.2, 0) is 22.9 Å². The van der Waals surface area contributed by atoms with E-state index < -0.39 is 10.0 Å². The number of hydrogen-bond acceptors (Lipinski definition) is 4. The van der Waals surface area contributed by atoms with Crippen LogP contribution < -0.4 is 0 Å². The number of amides is 1. The zero-order chi connectivity index (χ0) is 19.0. The Labute approximate surface area is 159 Å². The van der Waals surface area contributed by atoms with Crippen LogP contribution in [-0.4, -0.2) is 49.7 Å². The summed E-state index contributed by atoms with van der Waals surface area (Å²) in [6.07, 6.45) is 4.26. The summed E-state index contributed by atoms with van der Waals surface area (Å²) in [6, 6.07) is 8.94. The lowest BCUT2D eigenvalue weighted by molar-refractivity contribution is 0.0664. The Kier molecular flexibility index (Phi) is 4.82. The number of carbonyl (C=O) groups is 1. The molecule has 0 atom stereocenters. The van der Waals surface area contributed by atoms with Gasteiger partial charge in [-0.05, 0) is 68.0 Å². The van der Waals surface area contributed by atoms with Crippen LogP contribution in [0.15, 0.2) is 39.6 Å². The summed E-state index contributed by atoms with van der Waals surface area (Å²) in [4.78, 5) is 14.5. The van der Waals surface area contributed by atoms with Crippen LogP contribution in [0, 0.1) is 6.92 Å². The normalized spacial score (nSPS) is 18.3. The Morgan fingerprint density at radius 2 is 1.67 bits per heavy atom. The molecule has 1 saturated heterocycles. The van der Waals surface area contributed by atoms with Crippen LogP contribution in [0.4, 0.5) is 0 Å². The first-order valence-corrected chi connectivity index (χ1v) is 10.9. The number of fused-ring (bicyclic) bond motifs is 1. The Bertz CT molecular complexity index is 956. The van der Waals surface area contributed by atoms with Gasteiger partial charge in [0.05, 0.1) is 4.90 Å². The zero-order valence-electron chi connectivity index (χ0n) is 15.5. The summed E-state index contributed by atoms with van der Waals surface area (Å²) in [5, 5.41) is 0. The monoisotopic (exact) mass is 388 g/mol. The van der Waals surface area contributed by atoms with Gasteiger partial charge in [-0.15, -0.1) is 0 Å². The molecule has 1 aliphatic heterocycles. The van der Waals surface area contributed by atoms with Crippen LogP contribution in [0.2, 0.25) is 0 Å². The molecule has 1 fully saturated rings. The fraction of sp³-hybridized carbons (Fsp3) is 0.450. The van der Waals surface area contributed by atoms with E-state index in [1.54, 1.807) is 30.0 Å². The lowest BCUT2D eigenvalue weighted by Gasteiger charge is -2.33. The Hall–Kier alpha value is -2.12. The van der Waals surface area contributed by atoms with Crippen LogP contribution in [0.25, 0.3) is 0 Å². The smallest absolute Gasteiger partial charge is 0.289 e. The summed E-state index contributed by atoms with van der Waals surface area (Å²) in [6.45, 7) is 3.11. The molecule has 0 radical (unpaired) electrons. The van der Waals surface area contributed by atoms with Crippen LogP contribution in [0.5, 0.6) is 0 Å². The fourth-order valence-electron chi connectivity index (χ4n) is 3.86. The minimum absolute atomic E-state index is 0.186. The second-order valence-corrected chi connectivity index (χ2v) is 9.18.